The highest BCUT2D eigenvalue weighted by Gasteiger charge is 2.17. The van der Waals surface area contributed by atoms with Gasteiger partial charge >= 0.3 is 0 Å². The Labute approximate surface area is 209 Å². The first-order chi connectivity index (χ1) is 17.3. The number of rotatable bonds is 6. The molecule has 0 amide bonds. The second kappa shape index (κ2) is 9.59. The molecule has 180 valence electrons. The predicted octanol–water partition coefficient (Wildman–Crippen LogP) is 6.31. The van der Waals surface area contributed by atoms with Gasteiger partial charge in [0.15, 0.2) is 0 Å². The first-order valence-corrected chi connectivity index (χ1v) is 13.6. The zero-order chi connectivity index (χ0) is 25.3. The Bertz CT molecular complexity index is 1670. The van der Waals surface area contributed by atoms with E-state index in [1.807, 2.05) is 55.5 Å². The molecule has 2 aromatic heterocycles. The lowest BCUT2D eigenvalue weighted by molar-refractivity contribution is 0.596. The molecule has 0 fully saturated rings. The molecule has 5 nitrogen and oxygen atoms in total. The molecule has 5 aromatic rings. The number of pyridine rings is 1. The van der Waals surface area contributed by atoms with Crippen LogP contribution >= 0.6 is 0 Å². The van der Waals surface area contributed by atoms with Crippen LogP contribution in [-0.2, 0) is 9.84 Å². The van der Waals surface area contributed by atoms with E-state index < -0.39 is 9.84 Å². The minimum absolute atomic E-state index is 0.0683. The van der Waals surface area contributed by atoms with Crippen LogP contribution in [0.2, 0.25) is 0 Å². The molecule has 0 saturated carbocycles. The Balaban J connectivity index is 1.65. The Morgan fingerprint density at radius 2 is 1.47 bits per heavy atom. The second-order valence-corrected chi connectivity index (χ2v) is 11.2. The lowest BCUT2D eigenvalue weighted by Crippen LogP contribution is -2.10. The van der Waals surface area contributed by atoms with Crippen molar-refractivity contribution in [1.29, 1.82) is 0 Å². The van der Waals surface area contributed by atoms with Crippen molar-refractivity contribution >= 4 is 20.7 Å². The summed E-state index contributed by atoms with van der Waals surface area (Å²) in [5, 5.41) is 0.947. The van der Waals surface area contributed by atoms with Gasteiger partial charge in [-0.25, -0.2) is 12.8 Å². The predicted molar refractivity (Wildman–Crippen MR) is 142 cm³/mol. The van der Waals surface area contributed by atoms with E-state index in [0.29, 0.717) is 11.4 Å². The number of nitrogens with zero attached hydrogens (tertiary/aromatic N) is 3. The van der Waals surface area contributed by atoms with Gasteiger partial charge in [-0.05, 0) is 65.6 Å². The van der Waals surface area contributed by atoms with Gasteiger partial charge in [-0.15, -0.1) is 0 Å². The number of sulfone groups is 1. The summed E-state index contributed by atoms with van der Waals surface area (Å²) in [4.78, 5) is 13.7. The molecular formula is C29H24FN3O2S. The maximum Gasteiger partial charge on any atom is 0.148 e. The summed E-state index contributed by atoms with van der Waals surface area (Å²) in [5.41, 5.74) is 6.60. The molecule has 0 saturated heterocycles. The van der Waals surface area contributed by atoms with Gasteiger partial charge in [0.1, 0.15) is 15.7 Å². The van der Waals surface area contributed by atoms with Gasteiger partial charge in [-0.3, -0.25) is 15.0 Å². The van der Waals surface area contributed by atoms with Crippen molar-refractivity contribution in [2.45, 2.75) is 12.8 Å². The molecule has 36 heavy (non-hydrogen) atoms. The maximum atomic E-state index is 13.5. The van der Waals surface area contributed by atoms with Crippen LogP contribution < -0.4 is 0 Å². The molecule has 0 spiro atoms. The van der Waals surface area contributed by atoms with Crippen LogP contribution in [0.25, 0.3) is 44.5 Å². The van der Waals surface area contributed by atoms with Gasteiger partial charge < -0.3 is 0 Å². The van der Waals surface area contributed by atoms with Crippen LogP contribution in [0.4, 0.5) is 4.39 Å². The van der Waals surface area contributed by atoms with Gasteiger partial charge in [0.05, 0.1) is 22.7 Å². The molecule has 0 aliphatic rings. The summed E-state index contributed by atoms with van der Waals surface area (Å²) in [7, 11) is -3.13. The number of fused-ring (bicyclic) bond motifs is 1. The van der Waals surface area contributed by atoms with Gasteiger partial charge in [0, 0.05) is 46.9 Å². The SMILES string of the molecule is CC(CS(C)(=O)=O)c1cc(-c2cccc(-c3nccnc3-c3ccc(F)cc3)c2)c2ncccc2c1. The minimum atomic E-state index is -3.13. The van der Waals surface area contributed by atoms with Crippen molar-refractivity contribution in [3.8, 4) is 33.6 Å². The Morgan fingerprint density at radius 1 is 0.778 bits per heavy atom. The average molecular weight is 498 g/mol. The molecule has 0 N–H and O–H groups in total. The van der Waals surface area contributed by atoms with Crippen LogP contribution in [0.3, 0.4) is 0 Å². The molecular weight excluding hydrogens is 473 g/mol. The summed E-state index contributed by atoms with van der Waals surface area (Å²) < 4.78 is 37.4. The zero-order valence-corrected chi connectivity index (χ0v) is 20.7. The first kappa shape index (κ1) is 23.8. The first-order valence-electron chi connectivity index (χ1n) is 11.5. The summed E-state index contributed by atoms with van der Waals surface area (Å²) in [5.74, 6) is -0.411. The van der Waals surface area contributed by atoms with Crippen molar-refractivity contribution in [1.82, 2.24) is 15.0 Å². The minimum Gasteiger partial charge on any atom is -0.256 e. The fourth-order valence-corrected chi connectivity index (χ4v) is 5.57. The number of hydrogen-bond acceptors (Lipinski definition) is 5. The van der Waals surface area contributed by atoms with E-state index in [-0.39, 0.29) is 17.5 Å². The van der Waals surface area contributed by atoms with Gasteiger partial charge in [0.25, 0.3) is 0 Å². The van der Waals surface area contributed by atoms with Crippen molar-refractivity contribution in [3.63, 3.8) is 0 Å². The van der Waals surface area contributed by atoms with E-state index in [4.69, 9.17) is 0 Å². The van der Waals surface area contributed by atoms with Gasteiger partial charge in [-0.2, -0.15) is 0 Å². The Morgan fingerprint density at radius 3 is 2.19 bits per heavy atom. The smallest absolute Gasteiger partial charge is 0.148 e. The fraction of sp³-hybridized carbons (Fsp3) is 0.138. The summed E-state index contributed by atoms with van der Waals surface area (Å²) in [6.07, 6.45) is 6.27. The number of aromatic nitrogens is 3. The third-order valence-corrected chi connectivity index (χ3v) is 7.22. The highest BCUT2D eigenvalue weighted by molar-refractivity contribution is 7.90. The molecule has 7 heteroatoms. The monoisotopic (exact) mass is 497 g/mol. The van der Waals surface area contributed by atoms with Gasteiger partial charge in [0.2, 0.25) is 0 Å². The quantitative estimate of drug-likeness (QED) is 0.275. The van der Waals surface area contributed by atoms with Crippen LogP contribution in [0.1, 0.15) is 18.4 Å². The largest absolute Gasteiger partial charge is 0.256 e. The molecule has 0 radical (unpaired) electrons. The average Bonchev–Trinajstić information content (AvgIpc) is 2.87. The third kappa shape index (κ3) is 5.02. The van der Waals surface area contributed by atoms with E-state index in [2.05, 4.69) is 15.0 Å². The lowest BCUT2D eigenvalue weighted by Gasteiger charge is -2.16. The Kier molecular flexibility index (Phi) is 6.33. The van der Waals surface area contributed by atoms with Crippen LogP contribution in [-0.4, -0.2) is 35.4 Å². The van der Waals surface area contributed by atoms with E-state index in [1.165, 1.54) is 18.4 Å². The van der Waals surface area contributed by atoms with E-state index in [9.17, 15) is 12.8 Å². The highest BCUT2D eigenvalue weighted by Crippen LogP contribution is 2.35. The van der Waals surface area contributed by atoms with Crippen molar-refractivity contribution in [2.75, 3.05) is 12.0 Å². The number of halogens is 1. The van der Waals surface area contributed by atoms with Crippen molar-refractivity contribution in [3.05, 3.63) is 103 Å². The molecule has 2 heterocycles. The van der Waals surface area contributed by atoms with Crippen LogP contribution in [0, 0.1) is 5.82 Å². The molecule has 5 rings (SSSR count). The van der Waals surface area contributed by atoms with Crippen molar-refractivity contribution in [2.24, 2.45) is 0 Å². The third-order valence-electron chi connectivity index (χ3n) is 6.11. The number of benzene rings is 3. The molecule has 0 aliphatic carbocycles. The molecule has 1 unspecified atom stereocenters. The normalized spacial score (nSPS) is 12.5. The lowest BCUT2D eigenvalue weighted by atomic mass is 9.92. The summed E-state index contributed by atoms with van der Waals surface area (Å²) in [6, 6.07) is 22.1. The summed E-state index contributed by atoms with van der Waals surface area (Å²) >= 11 is 0. The maximum absolute atomic E-state index is 13.5. The molecule has 0 aliphatic heterocycles. The zero-order valence-electron chi connectivity index (χ0n) is 19.9. The van der Waals surface area contributed by atoms with E-state index >= 15 is 0 Å². The van der Waals surface area contributed by atoms with Crippen LogP contribution in [0.15, 0.2) is 91.4 Å². The second-order valence-electron chi connectivity index (χ2n) is 8.98. The van der Waals surface area contributed by atoms with Gasteiger partial charge in [-0.1, -0.05) is 31.2 Å². The van der Waals surface area contributed by atoms with E-state index in [1.54, 1.807) is 30.7 Å². The molecule has 1 atom stereocenters. The Hall–Kier alpha value is -3.97. The van der Waals surface area contributed by atoms with Crippen LogP contribution in [0.5, 0.6) is 0 Å². The molecule has 0 bridgehead atoms. The van der Waals surface area contributed by atoms with E-state index in [0.717, 1.165) is 38.7 Å². The summed E-state index contributed by atoms with van der Waals surface area (Å²) in [6.45, 7) is 1.92. The standard InChI is InChI=1S/C29H24FN3O2S/c1-19(18-36(2,34)35)24-16-22-7-4-12-31-27(22)26(17-24)21-5-3-6-23(15-21)29-28(32-13-14-33-29)20-8-10-25(30)11-9-20/h3-17,19H,18H2,1-2H3. The fourth-order valence-electron chi connectivity index (χ4n) is 4.47. The van der Waals surface area contributed by atoms with Crippen molar-refractivity contribution < 1.29 is 12.8 Å². The topological polar surface area (TPSA) is 72.8 Å². The highest BCUT2D eigenvalue weighted by atomic mass is 32.2. The number of hydrogen-bond donors (Lipinski definition) is 0. The molecule has 3 aromatic carbocycles.